The van der Waals surface area contributed by atoms with E-state index in [1.54, 1.807) is 26.3 Å². The summed E-state index contributed by atoms with van der Waals surface area (Å²) in [6, 6.07) is 9.14. The first kappa shape index (κ1) is 19.4. The zero-order chi connectivity index (χ0) is 14.8. The average molecular weight is 316 g/mol. The van der Waals surface area contributed by atoms with E-state index in [9.17, 15) is 9.59 Å². The molecule has 0 aliphatic heterocycles. The van der Waals surface area contributed by atoms with Crippen LogP contribution in [0.1, 0.15) is 0 Å². The number of halogens is 1. The van der Waals surface area contributed by atoms with Gasteiger partial charge in [0.25, 0.3) is 0 Å². The van der Waals surface area contributed by atoms with Crippen LogP contribution in [0.5, 0.6) is 0 Å². The highest BCUT2D eigenvalue weighted by Gasteiger charge is 2.12. The summed E-state index contributed by atoms with van der Waals surface area (Å²) in [6.07, 6.45) is 0. The van der Waals surface area contributed by atoms with Gasteiger partial charge < -0.3 is 20.3 Å². The normalized spacial score (nSPS) is 9.62. The number of ether oxygens (including phenoxy) is 1. The van der Waals surface area contributed by atoms with Gasteiger partial charge in [-0.2, -0.15) is 0 Å². The van der Waals surface area contributed by atoms with Crippen LogP contribution >= 0.6 is 12.4 Å². The van der Waals surface area contributed by atoms with E-state index in [0.717, 1.165) is 5.69 Å². The van der Waals surface area contributed by atoms with Crippen LogP contribution in [-0.4, -0.2) is 57.1 Å². The molecule has 0 spiro atoms. The van der Waals surface area contributed by atoms with Crippen molar-refractivity contribution in [2.75, 3.05) is 45.7 Å². The van der Waals surface area contributed by atoms with E-state index in [0.29, 0.717) is 13.2 Å². The van der Waals surface area contributed by atoms with E-state index >= 15 is 0 Å². The number of rotatable bonds is 8. The second-order valence-electron chi connectivity index (χ2n) is 4.33. The number of amides is 2. The number of anilines is 1. The van der Waals surface area contributed by atoms with Crippen LogP contribution in [0.3, 0.4) is 0 Å². The Kier molecular flexibility index (Phi) is 10.2. The predicted molar refractivity (Wildman–Crippen MR) is 84.7 cm³/mol. The van der Waals surface area contributed by atoms with Crippen molar-refractivity contribution in [3.05, 3.63) is 30.3 Å². The van der Waals surface area contributed by atoms with Crippen molar-refractivity contribution in [1.82, 2.24) is 10.2 Å². The number of likely N-dealkylation sites (N-methyl/N-ethyl adjacent to an activating group) is 1. The lowest BCUT2D eigenvalue weighted by molar-refractivity contribution is -0.132. The lowest BCUT2D eigenvalue weighted by Gasteiger charge is -2.17. The summed E-state index contributed by atoms with van der Waals surface area (Å²) < 4.78 is 4.86. The first-order valence-corrected chi connectivity index (χ1v) is 6.42. The SMILES string of the molecule is COCCNCC(=O)N(C)CC(=O)Nc1ccccc1.Cl. The van der Waals surface area contributed by atoms with E-state index in [4.69, 9.17) is 4.74 Å². The number of hydrogen-bond donors (Lipinski definition) is 2. The van der Waals surface area contributed by atoms with Gasteiger partial charge in [-0.05, 0) is 12.1 Å². The van der Waals surface area contributed by atoms with Crippen LogP contribution in [0.4, 0.5) is 5.69 Å². The Morgan fingerprint density at radius 1 is 1.24 bits per heavy atom. The highest BCUT2D eigenvalue weighted by molar-refractivity contribution is 5.94. The zero-order valence-electron chi connectivity index (χ0n) is 12.3. The van der Waals surface area contributed by atoms with Crippen molar-refractivity contribution in [2.24, 2.45) is 0 Å². The Balaban J connectivity index is 0.00000400. The Bertz CT molecular complexity index is 429. The summed E-state index contributed by atoms with van der Waals surface area (Å²) in [5.41, 5.74) is 0.719. The van der Waals surface area contributed by atoms with E-state index in [2.05, 4.69) is 10.6 Å². The molecule has 0 atom stereocenters. The quantitative estimate of drug-likeness (QED) is 0.694. The van der Waals surface area contributed by atoms with Gasteiger partial charge in [0.2, 0.25) is 11.8 Å². The summed E-state index contributed by atoms with van der Waals surface area (Å²) in [4.78, 5) is 24.9. The minimum absolute atomic E-state index is 0. The number of carbonyl (C=O) groups is 2. The van der Waals surface area contributed by atoms with Gasteiger partial charge in [-0.1, -0.05) is 18.2 Å². The van der Waals surface area contributed by atoms with E-state index in [1.165, 1.54) is 4.90 Å². The van der Waals surface area contributed by atoms with Crippen molar-refractivity contribution >= 4 is 29.9 Å². The van der Waals surface area contributed by atoms with Crippen LogP contribution in [0.15, 0.2) is 30.3 Å². The maximum Gasteiger partial charge on any atom is 0.243 e. The minimum atomic E-state index is -0.219. The lowest BCUT2D eigenvalue weighted by atomic mass is 10.3. The van der Waals surface area contributed by atoms with Gasteiger partial charge in [0.05, 0.1) is 19.7 Å². The van der Waals surface area contributed by atoms with Crippen LogP contribution < -0.4 is 10.6 Å². The van der Waals surface area contributed by atoms with Gasteiger partial charge in [-0.25, -0.2) is 0 Å². The van der Waals surface area contributed by atoms with Gasteiger partial charge in [0.1, 0.15) is 0 Å². The summed E-state index contributed by atoms with van der Waals surface area (Å²) >= 11 is 0. The van der Waals surface area contributed by atoms with Crippen LogP contribution in [0.25, 0.3) is 0 Å². The molecule has 6 nitrogen and oxygen atoms in total. The van der Waals surface area contributed by atoms with Crippen LogP contribution in [0.2, 0.25) is 0 Å². The summed E-state index contributed by atoms with van der Waals surface area (Å²) in [6.45, 7) is 1.37. The molecule has 118 valence electrons. The molecule has 0 saturated carbocycles. The van der Waals surface area contributed by atoms with Gasteiger partial charge >= 0.3 is 0 Å². The molecule has 2 N–H and O–H groups in total. The number of benzene rings is 1. The number of carbonyl (C=O) groups excluding carboxylic acids is 2. The molecular weight excluding hydrogens is 294 g/mol. The molecule has 0 radical (unpaired) electrons. The smallest absolute Gasteiger partial charge is 0.243 e. The highest BCUT2D eigenvalue weighted by Crippen LogP contribution is 2.04. The molecule has 0 aliphatic rings. The van der Waals surface area contributed by atoms with Gasteiger partial charge in [0, 0.05) is 26.4 Å². The van der Waals surface area contributed by atoms with Gasteiger partial charge in [-0.15, -0.1) is 12.4 Å². The van der Waals surface area contributed by atoms with Gasteiger partial charge in [0.15, 0.2) is 0 Å². The van der Waals surface area contributed by atoms with E-state index < -0.39 is 0 Å². The fourth-order valence-electron chi connectivity index (χ4n) is 1.53. The Morgan fingerprint density at radius 3 is 2.52 bits per heavy atom. The lowest BCUT2D eigenvalue weighted by Crippen LogP contribution is -2.40. The van der Waals surface area contributed by atoms with E-state index in [-0.39, 0.29) is 37.3 Å². The van der Waals surface area contributed by atoms with Crippen LogP contribution in [0, 0.1) is 0 Å². The summed E-state index contributed by atoms with van der Waals surface area (Å²) in [5.74, 6) is -0.353. The largest absolute Gasteiger partial charge is 0.383 e. The summed E-state index contributed by atoms with van der Waals surface area (Å²) in [5, 5.41) is 5.67. The molecule has 21 heavy (non-hydrogen) atoms. The maximum absolute atomic E-state index is 11.8. The molecule has 0 saturated heterocycles. The van der Waals surface area contributed by atoms with Crippen molar-refractivity contribution in [2.45, 2.75) is 0 Å². The first-order chi connectivity index (χ1) is 9.63. The fourth-order valence-corrected chi connectivity index (χ4v) is 1.53. The average Bonchev–Trinajstić information content (AvgIpc) is 2.44. The fraction of sp³-hybridized carbons (Fsp3) is 0.429. The predicted octanol–water partition coefficient (Wildman–Crippen LogP) is 0.741. The molecule has 1 aromatic carbocycles. The highest BCUT2D eigenvalue weighted by atomic mass is 35.5. The zero-order valence-corrected chi connectivity index (χ0v) is 13.1. The Morgan fingerprint density at radius 2 is 1.90 bits per heavy atom. The first-order valence-electron chi connectivity index (χ1n) is 6.42. The molecule has 0 bridgehead atoms. The second-order valence-corrected chi connectivity index (χ2v) is 4.33. The van der Waals surface area contributed by atoms with Crippen molar-refractivity contribution in [3.8, 4) is 0 Å². The number of methoxy groups -OCH3 is 1. The molecule has 7 heteroatoms. The number of nitrogens with zero attached hydrogens (tertiary/aromatic N) is 1. The number of para-hydroxylation sites is 1. The minimum Gasteiger partial charge on any atom is -0.383 e. The molecule has 0 unspecified atom stereocenters. The van der Waals surface area contributed by atoms with Crippen molar-refractivity contribution < 1.29 is 14.3 Å². The maximum atomic E-state index is 11.8. The second kappa shape index (κ2) is 11.1. The Hall–Kier alpha value is -1.63. The molecular formula is C14H22ClN3O3. The standard InChI is InChI=1S/C14H21N3O3.ClH/c1-17(14(19)10-15-8-9-20-2)11-13(18)16-12-6-4-3-5-7-12;/h3-7,15H,8-11H2,1-2H3,(H,16,18);1H. The molecule has 1 aromatic rings. The third kappa shape index (κ3) is 8.29. The molecule has 0 aromatic heterocycles. The molecule has 1 rings (SSSR count). The molecule has 0 aliphatic carbocycles. The summed E-state index contributed by atoms with van der Waals surface area (Å²) in [7, 11) is 3.20. The molecule has 2 amide bonds. The molecule has 0 heterocycles. The van der Waals surface area contributed by atoms with E-state index in [1.807, 2.05) is 18.2 Å². The van der Waals surface area contributed by atoms with Crippen molar-refractivity contribution in [1.29, 1.82) is 0 Å². The topological polar surface area (TPSA) is 70.7 Å². The monoisotopic (exact) mass is 315 g/mol. The Labute approximate surface area is 131 Å². The van der Waals surface area contributed by atoms with Gasteiger partial charge in [-0.3, -0.25) is 9.59 Å². The number of nitrogens with one attached hydrogen (secondary N) is 2. The molecule has 0 fully saturated rings. The number of hydrogen-bond acceptors (Lipinski definition) is 4. The van der Waals surface area contributed by atoms with Crippen molar-refractivity contribution in [3.63, 3.8) is 0 Å². The van der Waals surface area contributed by atoms with Crippen LogP contribution in [-0.2, 0) is 14.3 Å². The third-order valence-electron chi connectivity index (χ3n) is 2.62. The third-order valence-corrected chi connectivity index (χ3v) is 2.62.